The number of anilines is 1. The van der Waals surface area contributed by atoms with Crippen molar-refractivity contribution in [1.82, 2.24) is 14.1 Å². The summed E-state index contributed by atoms with van der Waals surface area (Å²) in [5.74, 6) is -0.391. The first-order valence-corrected chi connectivity index (χ1v) is 12.6. The largest absolute Gasteiger partial charge is 0.321 e. The molecule has 1 aromatic heterocycles. The van der Waals surface area contributed by atoms with Gasteiger partial charge in [-0.25, -0.2) is 13.1 Å². The van der Waals surface area contributed by atoms with Crippen molar-refractivity contribution in [3.63, 3.8) is 0 Å². The van der Waals surface area contributed by atoms with Gasteiger partial charge in [0.15, 0.2) is 5.69 Å². The predicted octanol–water partition coefficient (Wildman–Crippen LogP) is 3.74. The van der Waals surface area contributed by atoms with E-state index in [0.29, 0.717) is 30.4 Å². The smallest absolute Gasteiger partial charge is 0.276 e. The van der Waals surface area contributed by atoms with Crippen LogP contribution in [0.5, 0.6) is 0 Å². The molecule has 3 aromatic rings. The van der Waals surface area contributed by atoms with Crippen LogP contribution in [0.4, 0.5) is 5.69 Å². The van der Waals surface area contributed by atoms with Crippen LogP contribution in [0.25, 0.3) is 10.8 Å². The maximum atomic E-state index is 13.2. The van der Waals surface area contributed by atoms with Crippen LogP contribution in [-0.4, -0.2) is 41.5 Å². The summed E-state index contributed by atoms with van der Waals surface area (Å²) in [5, 5.41) is 7.97. The molecule has 0 unspecified atom stereocenters. The van der Waals surface area contributed by atoms with E-state index >= 15 is 0 Å². The van der Waals surface area contributed by atoms with Gasteiger partial charge in [0.25, 0.3) is 11.5 Å². The number of rotatable bonds is 6. The molecule has 0 saturated carbocycles. The van der Waals surface area contributed by atoms with Crippen LogP contribution in [0.3, 0.4) is 0 Å². The Labute approximate surface area is 197 Å². The molecule has 1 N–H and O–H groups in total. The van der Waals surface area contributed by atoms with Crippen molar-refractivity contribution in [3.05, 3.63) is 63.5 Å². The summed E-state index contributed by atoms with van der Waals surface area (Å²) < 4.78 is 28.7. The highest BCUT2D eigenvalue weighted by Gasteiger charge is 2.29. The highest BCUT2D eigenvalue weighted by atomic mass is 35.5. The fraction of sp³-hybridized carbons (Fsp3) is 0.348. The number of amides is 1. The Morgan fingerprint density at radius 3 is 2.45 bits per heavy atom. The fourth-order valence-electron chi connectivity index (χ4n) is 3.91. The number of benzene rings is 2. The predicted molar refractivity (Wildman–Crippen MR) is 128 cm³/mol. The Bertz CT molecular complexity index is 1380. The Balaban J connectivity index is 1.72. The summed E-state index contributed by atoms with van der Waals surface area (Å²) in [6.07, 6.45) is 1.61. The lowest BCUT2D eigenvalue weighted by molar-refractivity contribution is 0.102. The van der Waals surface area contributed by atoms with Gasteiger partial charge in [0, 0.05) is 30.7 Å². The molecule has 1 aliphatic rings. The molecular weight excluding hydrogens is 464 g/mol. The van der Waals surface area contributed by atoms with Gasteiger partial charge in [0.2, 0.25) is 10.0 Å². The molecule has 2 aromatic carbocycles. The number of hydrogen-bond donors (Lipinski definition) is 1. The van der Waals surface area contributed by atoms with Crippen molar-refractivity contribution in [2.75, 3.05) is 18.4 Å². The van der Waals surface area contributed by atoms with E-state index in [0.717, 1.165) is 12.8 Å². The molecule has 2 heterocycles. The molecule has 0 spiro atoms. The second-order valence-corrected chi connectivity index (χ2v) is 10.8. The van der Waals surface area contributed by atoms with Crippen molar-refractivity contribution >= 4 is 44.0 Å². The number of nitrogens with one attached hydrogen (secondary N) is 1. The molecule has 174 valence electrons. The number of carbonyl (C=O) groups excluding carboxylic acids is 1. The van der Waals surface area contributed by atoms with E-state index in [9.17, 15) is 18.0 Å². The lowest BCUT2D eigenvalue weighted by Crippen LogP contribution is -2.29. The first kappa shape index (κ1) is 23.4. The van der Waals surface area contributed by atoms with Crippen LogP contribution in [0.2, 0.25) is 5.02 Å². The molecule has 1 fully saturated rings. The van der Waals surface area contributed by atoms with E-state index in [1.807, 2.05) is 13.8 Å². The third-order valence-electron chi connectivity index (χ3n) is 5.49. The highest BCUT2D eigenvalue weighted by molar-refractivity contribution is 7.89. The van der Waals surface area contributed by atoms with E-state index in [1.54, 1.807) is 24.3 Å². The summed E-state index contributed by atoms with van der Waals surface area (Å²) in [6.45, 7) is 5.17. The zero-order chi connectivity index (χ0) is 23.8. The maximum absolute atomic E-state index is 13.2. The summed E-state index contributed by atoms with van der Waals surface area (Å²) >= 11 is 6.21. The summed E-state index contributed by atoms with van der Waals surface area (Å²) in [6, 6.07) is 11.1. The van der Waals surface area contributed by atoms with Crippen LogP contribution >= 0.6 is 11.6 Å². The molecule has 0 bridgehead atoms. The second kappa shape index (κ2) is 9.24. The summed E-state index contributed by atoms with van der Waals surface area (Å²) in [5.41, 5.74) is 0.0979. The van der Waals surface area contributed by atoms with E-state index in [-0.39, 0.29) is 32.8 Å². The third-order valence-corrected chi connectivity index (χ3v) is 7.87. The molecule has 1 amide bonds. The molecule has 8 nitrogen and oxygen atoms in total. The number of fused-ring (bicyclic) bond motifs is 1. The minimum atomic E-state index is -3.76. The molecular formula is C23H25ClN4O4S. The number of aromatic nitrogens is 2. The van der Waals surface area contributed by atoms with Gasteiger partial charge in [-0.2, -0.15) is 9.40 Å². The minimum absolute atomic E-state index is 0.0496. The maximum Gasteiger partial charge on any atom is 0.276 e. The van der Waals surface area contributed by atoms with Gasteiger partial charge in [-0.15, -0.1) is 0 Å². The van der Waals surface area contributed by atoms with Crippen LogP contribution < -0.4 is 10.9 Å². The van der Waals surface area contributed by atoms with Gasteiger partial charge in [-0.05, 0) is 43.0 Å². The molecule has 10 heteroatoms. The fourth-order valence-corrected chi connectivity index (χ4v) is 5.93. The lowest BCUT2D eigenvalue weighted by atomic mass is 10.1. The molecule has 33 heavy (non-hydrogen) atoms. The van der Waals surface area contributed by atoms with Gasteiger partial charge in [0.1, 0.15) is 4.90 Å². The Morgan fingerprint density at radius 1 is 1.12 bits per heavy atom. The van der Waals surface area contributed by atoms with Crippen LogP contribution in [-0.2, 0) is 16.6 Å². The standard InChI is InChI=1S/C23H25ClN4O4S/c1-15(2)14-28-23(30)18-8-4-3-7-17(18)21(26-28)22(29)25-16-9-10-19(24)20(13-16)33(31,32)27-11-5-6-12-27/h3-4,7-10,13,15H,5-6,11-12,14H2,1-2H3,(H,25,29). The van der Waals surface area contributed by atoms with E-state index in [1.165, 1.54) is 27.2 Å². The number of sulfonamides is 1. The van der Waals surface area contributed by atoms with Gasteiger partial charge in [0.05, 0.1) is 10.4 Å². The van der Waals surface area contributed by atoms with Gasteiger partial charge >= 0.3 is 0 Å². The van der Waals surface area contributed by atoms with Gasteiger partial charge in [-0.1, -0.05) is 43.6 Å². The van der Waals surface area contributed by atoms with Crippen molar-refractivity contribution in [2.45, 2.75) is 38.1 Å². The lowest BCUT2D eigenvalue weighted by Gasteiger charge is -2.17. The van der Waals surface area contributed by atoms with E-state index in [4.69, 9.17) is 11.6 Å². The summed E-state index contributed by atoms with van der Waals surface area (Å²) in [4.78, 5) is 25.9. The van der Waals surface area contributed by atoms with E-state index in [2.05, 4.69) is 10.4 Å². The SMILES string of the molecule is CC(C)Cn1nc(C(=O)Nc2ccc(Cl)c(S(=O)(=O)N3CCCC3)c2)c2ccccc2c1=O. The average Bonchev–Trinajstić information content (AvgIpc) is 3.32. The first-order valence-electron chi connectivity index (χ1n) is 10.8. The Morgan fingerprint density at radius 2 is 1.79 bits per heavy atom. The topological polar surface area (TPSA) is 101 Å². The molecule has 0 aliphatic carbocycles. The molecule has 0 radical (unpaired) electrons. The minimum Gasteiger partial charge on any atom is -0.321 e. The quantitative estimate of drug-likeness (QED) is 0.569. The van der Waals surface area contributed by atoms with Crippen LogP contribution in [0.15, 0.2) is 52.2 Å². The third kappa shape index (κ3) is 4.66. The number of halogens is 1. The Hall–Kier alpha value is -2.75. The van der Waals surface area contributed by atoms with Crippen molar-refractivity contribution < 1.29 is 13.2 Å². The van der Waals surface area contributed by atoms with Gasteiger partial charge in [-0.3, -0.25) is 9.59 Å². The average molecular weight is 489 g/mol. The van der Waals surface area contributed by atoms with Crippen molar-refractivity contribution in [1.29, 1.82) is 0 Å². The second-order valence-electron chi connectivity index (χ2n) is 8.49. The Kier molecular flexibility index (Phi) is 6.56. The molecule has 1 saturated heterocycles. The number of carbonyl (C=O) groups is 1. The van der Waals surface area contributed by atoms with Crippen molar-refractivity contribution in [2.24, 2.45) is 5.92 Å². The zero-order valence-electron chi connectivity index (χ0n) is 18.4. The van der Waals surface area contributed by atoms with Crippen molar-refractivity contribution in [3.8, 4) is 0 Å². The summed E-state index contributed by atoms with van der Waals surface area (Å²) in [7, 11) is -3.76. The van der Waals surface area contributed by atoms with Gasteiger partial charge < -0.3 is 5.32 Å². The number of hydrogen-bond acceptors (Lipinski definition) is 5. The zero-order valence-corrected chi connectivity index (χ0v) is 20.0. The van der Waals surface area contributed by atoms with Crippen LogP contribution in [0, 0.1) is 5.92 Å². The first-order chi connectivity index (χ1) is 15.7. The van der Waals surface area contributed by atoms with E-state index < -0.39 is 15.9 Å². The monoisotopic (exact) mass is 488 g/mol. The normalized spacial score (nSPS) is 14.8. The number of nitrogens with zero attached hydrogens (tertiary/aromatic N) is 3. The molecule has 1 aliphatic heterocycles. The molecule has 0 atom stereocenters. The van der Waals surface area contributed by atoms with Crippen LogP contribution in [0.1, 0.15) is 37.2 Å². The highest BCUT2D eigenvalue weighted by Crippen LogP contribution is 2.30. The molecule has 4 rings (SSSR count).